The molecule has 4 aromatic rings. The van der Waals surface area contributed by atoms with Gasteiger partial charge in [-0.2, -0.15) is 5.10 Å². The van der Waals surface area contributed by atoms with Gasteiger partial charge in [0.2, 0.25) is 0 Å². The molecule has 190 valence electrons. The quantitative estimate of drug-likeness (QED) is 0.222. The van der Waals surface area contributed by atoms with Gasteiger partial charge < -0.3 is 4.74 Å². The Morgan fingerprint density at radius 2 is 1.63 bits per heavy atom. The molecule has 1 aliphatic heterocycles. The Kier molecular flexibility index (Phi) is 7.18. The third-order valence-corrected chi connectivity index (χ3v) is 8.32. The SMILES string of the molecule is O=C(COc1ccc2ccccc2c1)N1N=C2/C(=C\c3ccc(Br)cc3)CCC[C@@H]2[C@@H]1c1ccc(Br)cc1. The summed E-state index contributed by atoms with van der Waals surface area (Å²) in [6.07, 6.45) is 5.23. The zero-order valence-corrected chi connectivity index (χ0v) is 23.9. The Balaban J connectivity index is 1.30. The monoisotopic (exact) mass is 628 g/mol. The lowest BCUT2D eigenvalue weighted by Crippen LogP contribution is -2.34. The largest absolute Gasteiger partial charge is 0.484 e. The minimum Gasteiger partial charge on any atom is -0.484 e. The maximum atomic E-state index is 13.6. The second-order valence-electron chi connectivity index (χ2n) is 9.74. The number of halogens is 2. The number of hydrogen-bond acceptors (Lipinski definition) is 3. The first-order chi connectivity index (χ1) is 18.5. The lowest BCUT2D eigenvalue weighted by atomic mass is 9.77. The van der Waals surface area contributed by atoms with Crippen LogP contribution in [-0.2, 0) is 4.79 Å². The predicted octanol–water partition coefficient (Wildman–Crippen LogP) is 8.57. The van der Waals surface area contributed by atoms with Crippen LogP contribution in [0.25, 0.3) is 16.8 Å². The van der Waals surface area contributed by atoms with Crippen molar-refractivity contribution >= 4 is 60.3 Å². The van der Waals surface area contributed by atoms with Crippen LogP contribution in [0.2, 0.25) is 0 Å². The van der Waals surface area contributed by atoms with Crippen molar-refractivity contribution in [1.82, 2.24) is 5.01 Å². The van der Waals surface area contributed by atoms with Gasteiger partial charge >= 0.3 is 0 Å². The number of amides is 1. The van der Waals surface area contributed by atoms with Gasteiger partial charge in [0.1, 0.15) is 5.75 Å². The number of nitrogens with zero attached hydrogens (tertiary/aromatic N) is 2. The first-order valence-electron chi connectivity index (χ1n) is 12.8. The minimum absolute atomic E-state index is 0.0688. The van der Waals surface area contributed by atoms with Gasteiger partial charge in [0.25, 0.3) is 5.91 Å². The van der Waals surface area contributed by atoms with Crippen molar-refractivity contribution in [2.24, 2.45) is 11.0 Å². The number of benzene rings is 4. The lowest BCUT2D eigenvalue weighted by Gasteiger charge is -2.29. The smallest absolute Gasteiger partial charge is 0.281 e. The maximum Gasteiger partial charge on any atom is 0.281 e. The van der Waals surface area contributed by atoms with E-state index in [-0.39, 0.29) is 24.5 Å². The summed E-state index contributed by atoms with van der Waals surface area (Å²) in [6.45, 7) is -0.0688. The maximum absolute atomic E-state index is 13.6. The van der Waals surface area contributed by atoms with Gasteiger partial charge in [0.15, 0.2) is 6.61 Å². The molecule has 0 radical (unpaired) electrons. The Morgan fingerprint density at radius 3 is 2.39 bits per heavy atom. The van der Waals surface area contributed by atoms with Crippen LogP contribution in [0.3, 0.4) is 0 Å². The molecule has 38 heavy (non-hydrogen) atoms. The molecule has 0 aromatic heterocycles. The zero-order valence-electron chi connectivity index (χ0n) is 20.7. The molecule has 0 saturated heterocycles. The summed E-state index contributed by atoms with van der Waals surface area (Å²) in [7, 11) is 0. The van der Waals surface area contributed by atoms with E-state index in [4.69, 9.17) is 9.84 Å². The summed E-state index contributed by atoms with van der Waals surface area (Å²) in [5.41, 5.74) is 4.44. The molecule has 6 heteroatoms. The van der Waals surface area contributed by atoms with E-state index in [1.807, 2.05) is 60.7 Å². The highest BCUT2D eigenvalue weighted by Crippen LogP contribution is 2.44. The van der Waals surface area contributed by atoms with Crippen molar-refractivity contribution in [1.29, 1.82) is 0 Å². The van der Waals surface area contributed by atoms with E-state index in [1.54, 1.807) is 5.01 Å². The minimum atomic E-state index is -0.153. The van der Waals surface area contributed by atoms with E-state index in [1.165, 1.54) is 5.57 Å². The summed E-state index contributed by atoms with van der Waals surface area (Å²) in [4.78, 5) is 13.6. The number of rotatable bonds is 5. The van der Waals surface area contributed by atoms with Crippen molar-refractivity contribution in [2.45, 2.75) is 25.3 Å². The molecule has 1 amide bonds. The molecule has 2 atom stereocenters. The van der Waals surface area contributed by atoms with Crippen molar-refractivity contribution in [3.63, 3.8) is 0 Å². The number of allylic oxidation sites excluding steroid dienone is 1. The fourth-order valence-corrected chi connectivity index (χ4v) is 5.96. The topological polar surface area (TPSA) is 41.9 Å². The number of fused-ring (bicyclic) bond motifs is 2. The van der Waals surface area contributed by atoms with Crippen molar-refractivity contribution in [3.05, 3.63) is 117 Å². The predicted molar refractivity (Wildman–Crippen MR) is 160 cm³/mol. The fraction of sp³-hybridized carbons (Fsp3) is 0.188. The molecule has 1 saturated carbocycles. The number of hydrogen-bond donors (Lipinski definition) is 0. The molecule has 0 N–H and O–H groups in total. The molecule has 1 aliphatic carbocycles. The highest BCUT2D eigenvalue weighted by molar-refractivity contribution is 9.10. The van der Waals surface area contributed by atoms with Gasteiger partial charge in [-0.1, -0.05) is 86.5 Å². The van der Waals surface area contributed by atoms with Gasteiger partial charge in [0, 0.05) is 14.9 Å². The van der Waals surface area contributed by atoms with Gasteiger partial charge in [0.05, 0.1) is 11.8 Å². The third kappa shape index (κ3) is 5.20. The van der Waals surface area contributed by atoms with E-state index in [2.05, 4.69) is 68.3 Å². The average Bonchev–Trinajstić information content (AvgIpc) is 3.34. The number of carbonyl (C=O) groups is 1. The number of ether oxygens (including phenoxy) is 1. The van der Waals surface area contributed by atoms with Gasteiger partial charge in [-0.3, -0.25) is 4.79 Å². The van der Waals surface area contributed by atoms with Crippen LogP contribution in [0.4, 0.5) is 0 Å². The molecule has 2 aliphatic rings. The molecule has 0 bridgehead atoms. The Bertz CT molecular complexity index is 1540. The summed E-state index contributed by atoms with van der Waals surface area (Å²) < 4.78 is 8.06. The standard InChI is InChI=1S/C32H26Br2N2O2/c33-26-13-8-21(9-14-26)18-25-6-3-7-29-31(25)35-36(32(29)23-10-15-27(34)16-11-23)30(37)20-38-28-17-12-22-4-1-2-5-24(22)19-28/h1-2,4-5,8-19,29,32H,3,6-7,20H2/b25-18-/t29-,32-/m0/s1. The molecule has 1 fully saturated rings. The lowest BCUT2D eigenvalue weighted by molar-refractivity contribution is -0.135. The van der Waals surface area contributed by atoms with E-state index in [0.717, 1.165) is 55.8 Å². The molecular formula is C32H26Br2N2O2. The van der Waals surface area contributed by atoms with Crippen LogP contribution in [0.1, 0.15) is 36.4 Å². The molecule has 4 aromatic carbocycles. The average molecular weight is 630 g/mol. The first kappa shape index (κ1) is 25.1. The molecule has 0 spiro atoms. The van der Waals surface area contributed by atoms with E-state index < -0.39 is 0 Å². The molecule has 6 rings (SSSR count). The van der Waals surface area contributed by atoms with E-state index in [9.17, 15) is 4.79 Å². The molecular weight excluding hydrogens is 604 g/mol. The Hall–Kier alpha value is -3.22. The molecule has 0 unspecified atom stereocenters. The normalized spacial score (nSPS) is 19.9. The first-order valence-corrected chi connectivity index (χ1v) is 14.4. The van der Waals surface area contributed by atoms with Crippen LogP contribution in [0, 0.1) is 5.92 Å². The van der Waals surface area contributed by atoms with Crippen LogP contribution < -0.4 is 4.74 Å². The summed E-state index contributed by atoms with van der Waals surface area (Å²) in [5, 5.41) is 8.87. The van der Waals surface area contributed by atoms with Crippen LogP contribution in [0.5, 0.6) is 5.75 Å². The number of carbonyl (C=O) groups excluding carboxylic acids is 1. The van der Waals surface area contributed by atoms with Crippen LogP contribution in [0.15, 0.2) is 111 Å². The molecule has 4 nitrogen and oxygen atoms in total. The van der Waals surface area contributed by atoms with Gasteiger partial charge in [-0.05, 0) is 89.2 Å². The van der Waals surface area contributed by atoms with Crippen LogP contribution in [-0.4, -0.2) is 23.2 Å². The second-order valence-corrected chi connectivity index (χ2v) is 11.6. The third-order valence-electron chi connectivity index (χ3n) is 7.26. The van der Waals surface area contributed by atoms with E-state index in [0.29, 0.717) is 5.75 Å². The van der Waals surface area contributed by atoms with E-state index >= 15 is 0 Å². The summed E-state index contributed by atoms with van der Waals surface area (Å²) in [5.74, 6) is 0.685. The van der Waals surface area contributed by atoms with Gasteiger partial charge in [-0.15, -0.1) is 0 Å². The highest BCUT2D eigenvalue weighted by atomic mass is 79.9. The van der Waals surface area contributed by atoms with Crippen molar-refractivity contribution < 1.29 is 9.53 Å². The van der Waals surface area contributed by atoms with Crippen LogP contribution >= 0.6 is 31.9 Å². The summed E-state index contributed by atoms with van der Waals surface area (Å²) >= 11 is 7.06. The zero-order chi connectivity index (χ0) is 26.1. The van der Waals surface area contributed by atoms with Gasteiger partial charge in [-0.25, -0.2) is 5.01 Å². The second kappa shape index (κ2) is 10.9. The molecule has 1 heterocycles. The number of hydrazone groups is 1. The summed E-state index contributed by atoms with van der Waals surface area (Å²) in [6, 6.07) is 30.4. The Labute approximate surface area is 239 Å². The fourth-order valence-electron chi connectivity index (χ4n) is 5.43. The van der Waals surface area contributed by atoms with Crippen molar-refractivity contribution in [2.75, 3.05) is 6.61 Å². The Morgan fingerprint density at radius 1 is 0.921 bits per heavy atom. The van der Waals surface area contributed by atoms with Crippen molar-refractivity contribution in [3.8, 4) is 5.75 Å². The highest BCUT2D eigenvalue weighted by Gasteiger charge is 2.43.